The molecule has 0 spiro atoms. The summed E-state index contributed by atoms with van der Waals surface area (Å²) in [6, 6.07) is 6.54. The fourth-order valence-electron chi connectivity index (χ4n) is 1.75. The lowest BCUT2D eigenvalue weighted by Gasteiger charge is -2.18. The van der Waals surface area contributed by atoms with Crippen molar-refractivity contribution >= 4 is 11.6 Å². The molecular weight excluding hydrogens is 194 g/mol. The van der Waals surface area contributed by atoms with Gasteiger partial charge < -0.3 is 5.32 Å². The summed E-state index contributed by atoms with van der Waals surface area (Å²) in [5.41, 5.74) is 2.52. The van der Waals surface area contributed by atoms with Crippen LogP contribution in [-0.4, -0.2) is 7.05 Å². The van der Waals surface area contributed by atoms with Gasteiger partial charge in [-0.1, -0.05) is 37.1 Å². The van der Waals surface area contributed by atoms with Crippen LogP contribution in [0.5, 0.6) is 0 Å². The highest BCUT2D eigenvalue weighted by molar-refractivity contribution is 6.31. The monoisotopic (exact) mass is 211 g/mol. The minimum atomic E-state index is 0.429. The topological polar surface area (TPSA) is 12.0 Å². The van der Waals surface area contributed by atoms with Crippen LogP contribution >= 0.6 is 11.6 Å². The summed E-state index contributed by atoms with van der Waals surface area (Å²) in [6.45, 7) is 4.28. The van der Waals surface area contributed by atoms with Crippen LogP contribution in [0.1, 0.15) is 36.9 Å². The molecule has 0 aliphatic carbocycles. The highest BCUT2D eigenvalue weighted by atomic mass is 35.5. The van der Waals surface area contributed by atoms with Crippen LogP contribution in [0.4, 0.5) is 0 Å². The van der Waals surface area contributed by atoms with Crippen molar-refractivity contribution in [3.8, 4) is 0 Å². The Balaban J connectivity index is 2.97. The van der Waals surface area contributed by atoms with E-state index in [0.717, 1.165) is 11.4 Å². The van der Waals surface area contributed by atoms with Crippen molar-refractivity contribution in [3.05, 3.63) is 34.3 Å². The van der Waals surface area contributed by atoms with Gasteiger partial charge in [0.25, 0.3) is 0 Å². The smallest absolute Gasteiger partial charge is 0.0438 e. The van der Waals surface area contributed by atoms with E-state index >= 15 is 0 Å². The first-order valence-electron chi connectivity index (χ1n) is 5.13. The molecule has 0 saturated carbocycles. The van der Waals surface area contributed by atoms with E-state index in [1.165, 1.54) is 17.5 Å². The molecule has 2 heteroatoms. The lowest BCUT2D eigenvalue weighted by molar-refractivity contribution is 0.539. The van der Waals surface area contributed by atoms with Crippen LogP contribution in [0.2, 0.25) is 5.02 Å². The maximum absolute atomic E-state index is 6.09. The van der Waals surface area contributed by atoms with Crippen LogP contribution in [0, 0.1) is 6.92 Å². The Kier molecular flexibility index (Phi) is 4.43. The molecule has 0 aliphatic rings. The van der Waals surface area contributed by atoms with Gasteiger partial charge in [-0.15, -0.1) is 0 Å². The lowest BCUT2D eigenvalue weighted by Crippen LogP contribution is -2.17. The molecule has 0 bridgehead atoms. The van der Waals surface area contributed by atoms with E-state index in [9.17, 15) is 0 Å². The third-order valence-electron chi connectivity index (χ3n) is 2.61. The quantitative estimate of drug-likeness (QED) is 0.801. The summed E-state index contributed by atoms with van der Waals surface area (Å²) in [6.07, 6.45) is 2.33. The number of benzene rings is 1. The van der Waals surface area contributed by atoms with Crippen LogP contribution < -0.4 is 5.32 Å². The summed E-state index contributed by atoms with van der Waals surface area (Å²) >= 11 is 6.09. The van der Waals surface area contributed by atoms with E-state index in [4.69, 9.17) is 11.6 Å². The molecule has 0 aliphatic heterocycles. The molecule has 78 valence electrons. The van der Waals surface area contributed by atoms with Crippen LogP contribution in [0.3, 0.4) is 0 Å². The van der Waals surface area contributed by atoms with E-state index in [0.29, 0.717) is 6.04 Å². The van der Waals surface area contributed by atoms with Crippen LogP contribution in [0.25, 0.3) is 0 Å². The van der Waals surface area contributed by atoms with Crippen molar-refractivity contribution in [1.29, 1.82) is 0 Å². The van der Waals surface area contributed by atoms with Gasteiger partial charge in [-0.05, 0) is 37.6 Å². The van der Waals surface area contributed by atoms with Gasteiger partial charge in [-0.25, -0.2) is 0 Å². The molecule has 1 atom stereocenters. The van der Waals surface area contributed by atoms with Gasteiger partial charge in [0.2, 0.25) is 0 Å². The molecule has 0 saturated heterocycles. The molecule has 0 fully saturated rings. The molecule has 0 amide bonds. The molecule has 1 N–H and O–H groups in total. The average Bonchev–Trinajstić information content (AvgIpc) is 2.19. The van der Waals surface area contributed by atoms with E-state index in [1.54, 1.807) is 0 Å². The second-order valence-corrected chi connectivity index (χ2v) is 3.99. The minimum Gasteiger partial charge on any atom is -0.313 e. The zero-order valence-electron chi connectivity index (χ0n) is 9.10. The zero-order chi connectivity index (χ0) is 10.6. The number of hydrogen-bond donors (Lipinski definition) is 1. The van der Waals surface area contributed by atoms with Crippen molar-refractivity contribution in [3.63, 3.8) is 0 Å². The number of halogens is 1. The molecule has 0 heterocycles. The Morgan fingerprint density at radius 3 is 2.71 bits per heavy atom. The second kappa shape index (κ2) is 5.38. The molecular formula is C12H18ClN. The predicted octanol–water partition coefficient (Wildman–Crippen LogP) is 3.71. The summed E-state index contributed by atoms with van der Waals surface area (Å²) < 4.78 is 0. The van der Waals surface area contributed by atoms with Crippen molar-refractivity contribution in [2.45, 2.75) is 32.7 Å². The summed E-state index contributed by atoms with van der Waals surface area (Å²) in [5, 5.41) is 4.19. The maximum atomic E-state index is 6.09. The van der Waals surface area contributed by atoms with E-state index in [-0.39, 0.29) is 0 Å². The first-order valence-corrected chi connectivity index (χ1v) is 5.50. The Bertz CT molecular complexity index is 296. The van der Waals surface area contributed by atoms with E-state index < -0.39 is 0 Å². The van der Waals surface area contributed by atoms with Crippen molar-refractivity contribution < 1.29 is 0 Å². The first-order chi connectivity index (χ1) is 6.70. The summed E-state index contributed by atoms with van der Waals surface area (Å²) in [5.74, 6) is 0. The highest BCUT2D eigenvalue weighted by Gasteiger charge is 2.11. The number of rotatable bonds is 4. The largest absolute Gasteiger partial charge is 0.313 e. The summed E-state index contributed by atoms with van der Waals surface area (Å²) in [4.78, 5) is 0. The van der Waals surface area contributed by atoms with Crippen LogP contribution in [-0.2, 0) is 0 Å². The van der Waals surface area contributed by atoms with E-state index in [1.807, 2.05) is 19.2 Å². The third-order valence-corrected chi connectivity index (χ3v) is 3.02. The van der Waals surface area contributed by atoms with E-state index in [2.05, 4.69) is 25.2 Å². The van der Waals surface area contributed by atoms with Crippen LogP contribution in [0.15, 0.2) is 18.2 Å². The molecule has 0 radical (unpaired) electrons. The van der Waals surface area contributed by atoms with Gasteiger partial charge in [0.15, 0.2) is 0 Å². The summed E-state index contributed by atoms with van der Waals surface area (Å²) in [7, 11) is 2.00. The molecule has 1 nitrogen and oxygen atoms in total. The SMILES string of the molecule is CCCC(NC)c1cccc(Cl)c1C. The molecule has 1 aromatic rings. The molecule has 0 aromatic heterocycles. The Morgan fingerprint density at radius 1 is 1.43 bits per heavy atom. The molecule has 14 heavy (non-hydrogen) atoms. The highest BCUT2D eigenvalue weighted by Crippen LogP contribution is 2.26. The van der Waals surface area contributed by atoms with Crippen molar-refractivity contribution in [1.82, 2.24) is 5.32 Å². The van der Waals surface area contributed by atoms with Gasteiger partial charge >= 0.3 is 0 Å². The van der Waals surface area contributed by atoms with Crippen molar-refractivity contribution in [2.24, 2.45) is 0 Å². The van der Waals surface area contributed by atoms with Crippen molar-refractivity contribution in [2.75, 3.05) is 7.05 Å². The number of hydrogen-bond acceptors (Lipinski definition) is 1. The Hall–Kier alpha value is -0.530. The first kappa shape index (κ1) is 11.5. The molecule has 1 aromatic carbocycles. The molecule has 1 unspecified atom stereocenters. The standard InChI is InChI=1S/C12H18ClN/c1-4-6-12(14-3)10-7-5-8-11(13)9(10)2/h5,7-8,12,14H,4,6H2,1-3H3. The van der Waals surface area contributed by atoms with Gasteiger partial charge in [-0.3, -0.25) is 0 Å². The van der Waals surface area contributed by atoms with Gasteiger partial charge in [-0.2, -0.15) is 0 Å². The third kappa shape index (κ3) is 2.49. The van der Waals surface area contributed by atoms with Gasteiger partial charge in [0.1, 0.15) is 0 Å². The zero-order valence-corrected chi connectivity index (χ0v) is 9.86. The van der Waals surface area contributed by atoms with Gasteiger partial charge in [0, 0.05) is 11.1 Å². The predicted molar refractivity (Wildman–Crippen MR) is 62.9 cm³/mol. The van der Waals surface area contributed by atoms with Gasteiger partial charge in [0.05, 0.1) is 0 Å². The number of nitrogens with one attached hydrogen (secondary N) is 1. The fourth-order valence-corrected chi connectivity index (χ4v) is 1.93. The lowest BCUT2D eigenvalue weighted by atomic mass is 9.98. The molecule has 1 rings (SSSR count). The minimum absolute atomic E-state index is 0.429. The normalized spacial score (nSPS) is 12.9. The Labute approximate surface area is 91.5 Å². The fraction of sp³-hybridized carbons (Fsp3) is 0.500. The maximum Gasteiger partial charge on any atom is 0.0438 e. The Morgan fingerprint density at radius 2 is 2.14 bits per heavy atom. The second-order valence-electron chi connectivity index (χ2n) is 3.58. The average molecular weight is 212 g/mol.